The maximum atomic E-state index is 12.8. The Morgan fingerprint density at radius 2 is 1.78 bits per heavy atom. The van der Waals surface area contributed by atoms with Crippen LogP contribution in [0, 0.1) is 13.8 Å². The number of carbonyl (C=O) groups excluding carboxylic acids is 1. The Balaban J connectivity index is 1.14. The third kappa shape index (κ3) is 4.68. The molecule has 7 nitrogen and oxygen atoms in total. The zero-order valence-electron chi connectivity index (χ0n) is 21.0. The van der Waals surface area contributed by atoms with Crippen molar-refractivity contribution in [2.24, 2.45) is 0 Å². The molecule has 0 saturated carbocycles. The molecule has 2 N–H and O–H groups in total. The van der Waals surface area contributed by atoms with Crippen LogP contribution in [0.2, 0.25) is 0 Å². The summed E-state index contributed by atoms with van der Waals surface area (Å²) in [5, 5.41) is 15.1. The van der Waals surface area contributed by atoms with Crippen LogP contribution in [0.5, 0.6) is 11.5 Å². The minimum atomic E-state index is -0.904. The topological polar surface area (TPSA) is 84.2 Å². The maximum absolute atomic E-state index is 12.8. The number of nitrogens with zero attached hydrogens (tertiary/aromatic N) is 1. The summed E-state index contributed by atoms with van der Waals surface area (Å²) in [6.45, 7) is 6.98. The molecular formula is C30H30N2O5. The Labute approximate surface area is 215 Å². The van der Waals surface area contributed by atoms with Gasteiger partial charge in [-0.1, -0.05) is 29.8 Å². The molecule has 4 aromatic rings. The van der Waals surface area contributed by atoms with Gasteiger partial charge in [0.1, 0.15) is 5.58 Å². The lowest BCUT2D eigenvalue weighted by Crippen LogP contribution is -2.42. The smallest absolute Gasteiger partial charge is 0.291 e. The SMILES string of the molecule is Cc1ccc(C)c(CN2CCC(O)(c3ccc4oc(C(=O)Nc5ccc6c(c5)OCO6)cc4c3)CC2)c1. The molecule has 7 heteroatoms. The van der Waals surface area contributed by atoms with E-state index in [1.807, 2.05) is 18.2 Å². The fourth-order valence-corrected chi connectivity index (χ4v) is 5.19. The minimum Gasteiger partial charge on any atom is -0.454 e. The number of aliphatic hydroxyl groups is 1. The van der Waals surface area contributed by atoms with E-state index in [1.165, 1.54) is 16.7 Å². The van der Waals surface area contributed by atoms with Crippen molar-refractivity contribution in [2.45, 2.75) is 38.8 Å². The summed E-state index contributed by atoms with van der Waals surface area (Å²) in [4.78, 5) is 15.2. The lowest BCUT2D eigenvalue weighted by molar-refractivity contribution is -0.0276. The number of likely N-dealkylation sites (tertiary alicyclic amines) is 1. The van der Waals surface area contributed by atoms with Gasteiger partial charge in [0.15, 0.2) is 17.3 Å². The van der Waals surface area contributed by atoms with Gasteiger partial charge in [0.05, 0.1) is 5.60 Å². The summed E-state index contributed by atoms with van der Waals surface area (Å²) >= 11 is 0. The fraction of sp³-hybridized carbons (Fsp3) is 0.300. The molecule has 37 heavy (non-hydrogen) atoms. The van der Waals surface area contributed by atoms with Gasteiger partial charge in [-0.15, -0.1) is 0 Å². The highest BCUT2D eigenvalue weighted by Crippen LogP contribution is 2.36. The number of aryl methyl sites for hydroxylation is 2. The van der Waals surface area contributed by atoms with E-state index in [2.05, 4.69) is 42.3 Å². The van der Waals surface area contributed by atoms with Crippen LogP contribution in [0.4, 0.5) is 5.69 Å². The Hall–Kier alpha value is -3.81. The Kier molecular flexibility index (Phi) is 5.89. The first-order chi connectivity index (χ1) is 17.9. The number of anilines is 1. The number of hydrogen-bond acceptors (Lipinski definition) is 6. The van der Waals surface area contributed by atoms with Crippen LogP contribution in [0.1, 0.15) is 45.7 Å². The lowest BCUT2D eigenvalue weighted by Gasteiger charge is -2.38. The molecule has 0 radical (unpaired) electrons. The normalized spacial score (nSPS) is 16.7. The second-order valence-electron chi connectivity index (χ2n) is 10.1. The number of rotatable bonds is 5. The van der Waals surface area contributed by atoms with Crippen LogP contribution >= 0.6 is 0 Å². The third-order valence-electron chi connectivity index (χ3n) is 7.49. The van der Waals surface area contributed by atoms with Crippen LogP contribution in [-0.4, -0.2) is 35.8 Å². The molecule has 3 aromatic carbocycles. The van der Waals surface area contributed by atoms with Gasteiger partial charge in [0.2, 0.25) is 6.79 Å². The number of carbonyl (C=O) groups is 1. The molecule has 2 aliphatic heterocycles. The quantitative estimate of drug-likeness (QED) is 0.377. The predicted molar refractivity (Wildman–Crippen MR) is 141 cm³/mol. The van der Waals surface area contributed by atoms with Crippen molar-refractivity contribution in [3.05, 3.63) is 88.7 Å². The number of amides is 1. The van der Waals surface area contributed by atoms with E-state index in [0.717, 1.165) is 30.6 Å². The molecule has 6 rings (SSSR count). The molecule has 3 heterocycles. The Morgan fingerprint density at radius 1 is 0.973 bits per heavy atom. The van der Waals surface area contributed by atoms with Crippen LogP contribution in [0.15, 0.2) is 65.1 Å². The number of ether oxygens (including phenoxy) is 2. The molecule has 0 aliphatic carbocycles. The first-order valence-electron chi connectivity index (χ1n) is 12.6. The van der Waals surface area contributed by atoms with Gasteiger partial charge < -0.3 is 24.3 Å². The molecule has 1 fully saturated rings. The minimum absolute atomic E-state index is 0.176. The summed E-state index contributed by atoms with van der Waals surface area (Å²) < 4.78 is 16.5. The maximum Gasteiger partial charge on any atom is 0.291 e. The number of furan rings is 1. The van der Waals surface area contributed by atoms with Crippen molar-refractivity contribution >= 4 is 22.6 Å². The summed E-state index contributed by atoms with van der Waals surface area (Å²) in [5.74, 6) is 1.11. The molecule has 0 spiro atoms. The van der Waals surface area contributed by atoms with Crippen LogP contribution in [0.25, 0.3) is 11.0 Å². The Bertz CT molecular complexity index is 1480. The average Bonchev–Trinajstić information content (AvgIpc) is 3.54. The van der Waals surface area contributed by atoms with E-state index in [0.29, 0.717) is 35.6 Å². The molecule has 0 unspecified atom stereocenters. The van der Waals surface area contributed by atoms with Crippen molar-refractivity contribution in [2.75, 3.05) is 25.2 Å². The van der Waals surface area contributed by atoms with E-state index in [9.17, 15) is 9.90 Å². The first kappa shape index (κ1) is 23.6. The van der Waals surface area contributed by atoms with Crippen LogP contribution in [-0.2, 0) is 12.1 Å². The number of hydrogen-bond donors (Lipinski definition) is 2. The third-order valence-corrected chi connectivity index (χ3v) is 7.49. The first-order valence-corrected chi connectivity index (χ1v) is 12.6. The highest BCUT2D eigenvalue weighted by Gasteiger charge is 2.34. The zero-order chi connectivity index (χ0) is 25.6. The number of fused-ring (bicyclic) bond motifs is 2. The van der Waals surface area contributed by atoms with E-state index in [1.54, 1.807) is 24.3 Å². The van der Waals surface area contributed by atoms with Gasteiger partial charge in [-0.3, -0.25) is 9.69 Å². The zero-order valence-corrected chi connectivity index (χ0v) is 21.0. The van der Waals surface area contributed by atoms with E-state index in [-0.39, 0.29) is 18.5 Å². The van der Waals surface area contributed by atoms with Crippen molar-refractivity contribution in [1.29, 1.82) is 0 Å². The second kappa shape index (κ2) is 9.25. The highest BCUT2D eigenvalue weighted by molar-refractivity contribution is 6.04. The van der Waals surface area contributed by atoms with Crippen molar-refractivity contribution < 1.29 is 23.8 Å². The summed E-state index contributed by atoms with van der Waals surface area (Å²) in [6.07, 6.45) is 1.30. The van der Waals surface area contributed by atoms with Crippen molar-refractivity contribution in [3.8, 4) is 11.5 Å². The lowest BCUT2D eigenvalue weighted by atomic mass is 9.84. The highest BCUT2D eigenvalue weighted by atomic mass is 16.7. The molecular weight excluding hydrogens is 468 g/mol. The monoisotopic (exact) mass is 498 g/mol. The number of nitrogens with one attached hydrogen (secondary N) is 1. The number of benzene rings is 3. The number of piperidine rings is 1. The molecule has 1 aromatic heterocycles. The second-order valence-corrected chi connectivity index (χ2v) is 10.1. The van der Waals surface area contributed by atoms with Crippen LogP contribution in [0.3, 0.4) is 0 Å². The van der Waals surface area contributed by atoms with Crippen molar-refractivity contribution in [1.82, 2.24) is 4.90 Å². The molecule has 2 aliphatic rings. The largest absolute Gasteiger partial charge is 0.454 e. The van der Waals surface area contributed by atoms with Crippen molar-refractivity contribution in [3.63, 3.8) is 0 Å². The van der Waals surface area contributed by atoms with Gasteiger partial charge in [0.25, 0.3) is 5.91 Å². The van der Waals surface area contributed by atoms with Gasteiger partial charge in [0, 0.05) is 36.8 Å². The molecule has 0 atom stereocenters. The van der Waals surface area contributed by atoms with Crippen LogP contribution < -0.4 is 14.8 Å². The van der Waals surface area contributed by atoms with Gasteiger partial charge >= 0.3 is 0 Å². The van der Waals surface area contributed by atoms with E-state index >= 15 is 0 Å². The average molecular weight is 499 g/mol. The fourth-order valence-electron chi connectivity index (χ4n) is 5.19. The molecule has 1 amide bonds. The molecule has 0 bridgehead atoms. The van der Waals surface area contributed by atoms with Gasteiger partial charge in [-0.05, 0) is 73.7 Å². The summed E-state index contributed by atoms with van der Waals surface area (Å²) in [7, 11) is 0. The Morgan fingerprint density at radius 3 is 2.62 bits per heavy atom. The standard InChI is InChI=1S/C30H30N2O5/c1-19-3-4-20(2)22(13-19)17-32-11-9-30(34,10-12-32)23-5-7-25-21(14-23)15-28(37-25)29(33)31-24-6-8-26-27(16-24)36-18-35-26/h3-8,13-16,34H,9-12,17-18H2,1-2H3,(H,31,33). The predicted octanol–water partition coefficient (Wildman–Crippen LogP) is 5.51. The van der Waals surface area contributed by atoms with Gasteiger partial charge in [-0.2, -0.15) is 0 Å². The summed E-state index contributed by atoms with van der Waals surface area (Å²) in [6, 6.07) is 19.2. The van der Waals surface area contributed by atoms with Gasteiger partial charge in [-0.25, -0.2) is 0 Å². The molecule has 190 valence electrons. The van der Waals surface area contributed by atoms with E-state index in [4.69, 9.17) is 13.9 Å². The molecule has 1 saturated heterocycles. The summed E-state index contributed by atoms with van der Waals surface area (Å²) in [5.41, 5.74) is 5.07. The van der Waals surface area contributed by atoms with E-state index < -0.39 is 5.60 Å².